The van der Waals surface area contributed by atoms with Crippen molar-refractivity contribution < 1.29 is 4.74 Å². The Kier molecular flexibility index (Phi) is 2.52. The number of aromatic nitrogens is 2. The Hall–Kier alpha value is -1.30. The van der Waals surface area contributed by atoms with Gasteiger partial charge in [-0.1, -0.05) is 11.3 Å². The van der Waals surface area contributed by atoms with Crippen molar-refractivity contribution in [1.82, 2.24) is 9.97 Å². The highest BCUT2D eigenvalue weighted by atomic mass is 32.1. The molecular formula is C9H10BN3OS. The normalized spacial score (nSPS) is 10.6. The summed E-state index contributed by atoms with van der Waals surface area (Å²) in [6.45, 7) is 0. The van der Waals surface area contributed by atoms with E-state index >= 15 is 0 Å². The summed E-state index contributed by atoms with van der Waals surface area (Å²) in [5, 5.41) is 0.908. The van der Waals surface area contributed by atoms with Crippen molar-refractivity contribution in [3.63, 3.8) is 0 Å². The molecule has 2 radical (unpaired) electrons. The van der Waals surface area contributed by atoms with Gasteiger partial charge < -0.3 is 9.64 Å². The summed E-state index contributed by atoms with van der Waals surface area (Å²) in [5.41, 5.74) is 1.32. The fourth-order valence-electron chi connectivity index (χ4n) is 1.21. The average molecular weight is 219 g/mol. The lowest BCUT2D eigenvalue weighted by molar-refractivity contribution is 0.403. The summed E-state index contributed by atoms with van der Waals surface area (Å²) < 4.78 is 5.05. The maximum absolute atomic E-state index is 5.75. The van der Waals surface area contributed by atoms with Crippen LogP contribution in [0.5, 0.6) is 5.88 Å². The van der Waals surface area contributed by atoms with Crippen molar-refractivity contribution in [2.75, 3.05) is 26.1 Å². The maximum atomic E-state index is 5.75. The topological polar surface area (TPSA) is 38.2 Å². The third-order valence-corrected chi connectivity index (χ3v) is 3.07. The van der Waals surface area contributed by atoms with E-state index < -0.39 is 0 Å². The number of rotatable bonds is 2. The summed E-state index contributed by atoms with van der Waals surface area (Å²) >= 11 is 1.51. The van der Waals surface area contributed by atoms with E-state index in [0.29, 0.717) is 11.3 Å². The largest absolute Gasteiger partial charge is 0.481 e. The molecule has 15 heavy (non-hydrogen) atoms. The third-order valence-electron chi connectivity index (χ3n) is 1.94. The standard InChI is InChI=1S/C9H10BN3OS/c1-13(2)9-11-6-4-5(10)7(14-3)12-8(6)15-9/h4H,1-3H3. The van der Waals surface area contributed by atoms with E-state index in [9.17, 15) is 0 Å². The summed E-state index contributed by atoms with van der Waals surface area (Å²) in [5.74, 6) is 0.455. The number of nitrogens with zero attached hydrogens (tertiary/aromatic N) is 3. The predicted octanol–water partition coefficient (Wildman–Crippen LogP) is 0.560. The van der Waals surface area contributed by atoms with Gasteiger partial charge in [0.1, 0.15) is 18.2 Å². The quantitative estimate of drug-likeness (QED) is 0.691. The minimum atomic E-state index is 0.455. The Bertz CT molecular complexity index is 497. The predicted molar refractivity (Wildman–Crippen MR) is 63.7 cm³/mol. The lowest BCUT2D eigenvalue weighted by Gasteiger charge is -2.04. The Balaban J connectivity index is 2.61. The highest BCUT2D eigenvalue weighted by Gasteiger charge is 2.09. The molecule has 2 heterocycles. The molecule has 0 amide bonds. The Morgan fingerprint density at radius 1 is 1.40 bits per heavy atom. The molecule has 0 atom stereocenters. The molecule has 2 aromatic heterocycles. The molecule has 0 saturated carbocycles. The van der Waals surface area contributed by atoms with E-state index in [0.717, 1.165) is 15.5 Å². The van der Waals surface area contributed by atoms with Gasteiger partial charge in [-0.05, 0) is 11.5 Å². The Labute approximate surface area is 93.3 Å². The lowest BCUT2D eigenvalue weighted by Crippen LogP contribution is -2.09. The van der Waals surface area contributed by atoms with Crippen molar-refractivity contribution in [3.05, 3.63) is 6.07 Å². The number of ether oxygens (including phenoxy) is 1. The Morgan fingerprint density at radius 3 is 2.73 bits per heavy atom. The summed E-state index contributed by atoms with van der Waals surface area (Å²) in [6.07, 6.45) is 0. The van der Waals surface area contributed by atoms with Crippen LogP contribution in [-0.2, 0) is 0 Å². The number of thiazole rings is 1. The molecule has 0 unspecified atom stereocenters. The molecule has 0 aliphatic heterocycles. The number of hydrogen-bond donors (Lipinski definition) is 0. The first kappa shape index (κ1) is 10.2. The molecule has 4 nitrogen and oxygen atoms in total. The van der Waals surface area contributed by atoms with Gasteiger partial charge in [-0.3, -0.25) is 0 Å². The highest BCUT2D eigenvalue weighted by molar-refractivity contribution is 7.21. The zero-order chi connectivity index (χ0) is 11.0. The molecule has 0 N–H and O–H groups in total. The van der Waals surface area contributed by atoms with Gasteiger partial charge in [0.25, 0.3) is 0 Å². The SMILES string of the molecule is [B]c1cc2nc(N(C)C)sc2nc1OC. The highest BCUT2D eigenvalue weighted by Crippen LogP contribution is 2.26. The minimum absolute atomic E-state index is 0.455. The second kappa shape index (κ2) is 3.69. The molecule has 76 valence electrons. The molecule has 0 saturated heterocycles. The molecule has 2 rings (SSSR count). The first-order valence-electron chi connectivity index (χ1n) is 4.40. The van der Waals surface area contributed by atoms with Crippen LogP contribution in [0.2, 0.25) is 0 Å². The molecule has 0 aliphatic rings. The van der Waals surface area contributed by atoms with Gasteiger partial charge in [0.05, 0.1) is 7.11 Å². The van der Waals surface area contributed by atoms with Gasteiger partial charge in [0, 0.05) is 14.1 Å². The van der Waals surface area contributed by atoms with Crippen LogP contribution in [0.4, 0.5) is 5.13 Å². The van der Waals surface area contributed by atoms with Gasteiger partial charge >= 0.3 is 0 Å². The van der Waals surface area contributed by atoms with Crippen LogP contribution in [0.25, 0.3) is 10.3 Å². The number of hydrogen-bond acceptors (Lipinski definition) is 5. The van der Waals surface area contributed by atoms with Crippen LogP contribution in [0, 0.1) is 0 Å². The fraction of sp³-hybridized carbons (Fsp3) is 0.333. The van der Waals surface area contributed by atoms with E-state index in [2.05, 4.69) is 9.97 Å². The first-order chi connectivity index (χ1) is 7.11. The van der Waals surface area contributed by atoms with Gasteiger partial charge in [-0.25, -0.2) is 9.97 Å². The van der Waals surface area contributed by atoms with Gasteiger partial charge in [0.2, 0.25) is 5.88 Å². The van der Waals surface area contributed by atoms with Gasteiger partial charge in [0.15, 0.2) is 5.13 Å². The molecule has 0 spiro atoms. The van der Waals surface area contributed by atoms with Crippen LogP contribution in [0.3, 0.4) is 0 Å². The summed E-state index contributed by atoms with van der Waals surface area (Å²) in [4.78, 5) is 11.5. The van der Waals surface area contributed by atoms with Gasteiger partial charge in [-0.15, -0.1) is 0 Å². The molecule has 0 aromatic carbocycles. The summed E-state index contributed by atoms with van der Waals surface area (Å²) in [6, 6.07) is 1.78. The average Bonchev–Trinajstić information content (AvgIpc) is 2.59. The number of pyridine rings is 1. The zero-order valence-electron chi connectivity index (χ0n) is 8.81. The van der Waals surface area contributed by atoms with E-state index in [1.807, 2.05) is 19.0 Å². The number of methoxy groups -OCH3 is 1. The van der Waals surface area contributed by atoms with E-state index in [-0.39, 0.29) is 0 Å². The minimum Gasteiger partial charge on any atom is -0.481 e. The third kappa shape index (κ3) is 1.77. The second-order valence-corrected chi connectivity index (χ2v) is 4.26. The smallest absolute Gasteiger partial charge is 0.207 e. The maximum Gasteiger partial charge on any atom is 0.207 e. The monoisotopic (exact) mass is 219 g/mol. The number of anilines is 1. The molecular weight excluding hydrogens is 209 g/mol. The Morgan fingerprint density at radius 2 is 2.13 bits per heavy atom. The zero-order valence-corrected chi connectivity index (χ0v) is 9.63. The van der Waals surface area contributed by atoms with E-state index in [1.54, 1.807) is 13.2 Å². The molecule has 0 aliphatic carbocycles. The lowest BCUT2D eigenvalue weighted by atomic mass is 9.98. The van der Waals surface area contributed by atoms with Crippen molar-refractivity contribution in [2.24, 2.45) is 0 Å². The van der Waals surface area contributed by atoms with Crippen LogP contribution in [0.1, 0.15) is 0 Å². The molecule has 0 bridgehead atoms. The van der Waals surface area contributed by atoms with Crippen LogP contribution < -0.4 is 15.1 Å². The van der Waals surface area contributed by atoms with Crippen LogP contribution in [0.15, 0.2) is 6.07 Å². The molecule has 6 heteroatoms. The fourth-order valence-corrected chi connectivity index (χ4v) is 2.04. The van der Waals surface area contributed by atoms with Crippen molar-refractivity contribution in [2.45, 2.75) is 0 Å². The van der Waals surface area contributed by atoms with Crippen molar-refractivity contribution in [1.29, 1.82) is 0 Å². The molecule has 0 fully saturated rings. The number of fused-ring (bicyclic) bond motifs is 1. The van der Waals surface area contributed by atoms with E-state index in [1.165, 1.54) is 11.3 Å². The van der Waals surface area contributed by atoms with Crippen LogP contribution in [-0.4, -0.2) is 39.0 Å². The first-order valence-corrected chi connectivity index (χ1v) is 5.22. The van der Waals surface area contributed by atoms with Crippen molar-refractivity contribution >= 4 is 40.1 Å². The van der Waals surface area contributed by atoms with Crippen LogP contribution >= 0.6 is 11.3 Å². The van der Waals surface area contributed by atoms with Crippen molar-refractivity contribution in [3.8, 4) is 5.88 Å². The second-order valence-electron chi connectivity index (χ2n) is 3.30. The summed E-state index contributed by atoms with van der Waals surface area (Å²) in [7, 11) is 11.2. The van der Waals surface area contributed by atoms with Gasteiger partial charge in [-0.2, -0.15) is 0 Å². The molecule has 2 aromatic rings. The van der Waals surface area contributed by atoms with E-state index in [4.69, 9.17) is 12.6 Å².